The molecule has 1 unspecified atom stereocenters. The van der Waals surface area contributed by atoms with Crippen molar-refractivity contribution in [3.8, 4) is 0 Å². The zero-order valence-electron chi connectivity index (χ0n) is 7.90. The summed E-state index contributed by atoms with van der Waals surface area (Å²) in [6.45, 7) is 1.54. The van der Waals surface area contributed by atoms with Crippen molar-refractivity contribution in [3.05, 3.63) is 29.0 Å². The van der Waals surface area contributed by atoms with E-state index in [1.807, 2.05) is 0 Å². The van der Waals surface area contributed by atoms with Crippen LogP contribution in [0.5, 0.6) is 0 Å². The Morgan fingerprint density at radius 1 is 1.60 bits per heavy atom. The largest absolute Gasteiger partial charge is 0.481 e. The van der Waals surface area contributed by atoms with E-state index in [4.69, 9.17) is 21.2 Å². The molecule has 1 aromatic heterocycles. The van der Waals surface area contributed by atoms with E-state index in [1.165, 1.54) is 0 Å². The molecule has 2 aromatic rings. The predicted octanol–water partition coefficient (Wildman–Crippen LogP) is 2.67. The van der Waals surface area contributed by atoms with Crippen LogP contribution in [0, 0.1) is 0 Å². The molecule has 0 aliphatic carbocycles. The Kier molecular flexibility index (Phi) is 2.36. The minimum Gasteiger partial charge on any atom is -0.481 e. The summed E-state index contributed by atoms with van der Waals surface area (Å²) < 4.78 is 5.00. The maximum absolute atomic E-state index is 10.8. The summed E-state index contributed by atoms with van der Waals surface area (Å²) in [6, 6.07) is 5.16. The molecule has 1 heterocycles. The van der Waals surface area contributed by atoms with Gasteiger partial charge in [0.2, 0.25) is 0 Å². The van der Waals surface area contributed by atoms with Crippen LogP contribution in [0.3, 0.4) is 0 Å². The molecule has 0 saturated heterocycles. The van der Waals surface area contributed by atoms with Crippen molar-refractivity contribution in [2.45, 2.75) is 12.8 Å². The maximum Gasteiger partial charge on any atom is 0.314 e. The topological polar surface area (TPSA) is 63.3 Å². The van der Waals surface area contributed by atoms with Crippen LogP contribution in [0.4, 0.5) is 0 Å². The third-order valence-electron chi connectivity index (χ3n) is 2.25. The lowest BCUT2D eigenvalue weighted by molar-refractivity contribution is -0.138. The van der Waals surface area contributed by atoms with Crippen LogP contribution >= 0.6 is 11.6 Å². The average Bonchev–Trinajstić information content (AvgIpc) is 2.61. The highest BCUT2D eigenvalue weighted by Gasteiger charge is 2.22. The molecule has 1 N–H and O–H groups in total. The van der Waals surface area contributed by atoms with E-state index in [0.717, 1.165) is 0 Å². The minimum atomic E-state index is -0.951. The van der Waals surface area contributed by atoms with Crippen LogP contribution in [0.2, 0.25) is 5.02 Å². The lowest BCUT2D eigenvalue weighted by Crippen LogP contribution is -2.06. The van der Waals surface area contributed by atoms with Gasteiger partial charge in [-0.2, -0.15) is 0 Å². The molecular formula is C10H8ClNO3. The van der Waals surface area contributed by atoms with Crippen LogP contribution in [-0.4, -0.2) is 16.2 Å². The molecule has 2 rings (SSSR count). The smallest absolute Gasteiger partial charge is 0.314 e. The first-order valence-electron chi connectivity index (χ1n) is 4.38. The molecule has 1 aromatic carbocycles. The highest BCUT2D eigenvalue weighted by molar-refractivity contribution is 6.35. The second-order valence-corrected chi connectivity index (χ2v) is 3.65. The lowest BCUT2D eigenvalue weighted by atomic mass is 10.1. The number of hydrogen-bond acceptors (Lipinski definition) is 3. The first kappa shape index (κ1) is 9.98. The number of fused-ring (bicyclic) bond motifs is 1. The number of halogens is 1. The van der Waals surface area contributed by atoms with Gasteiger partial charge < -0.3 is 9.63 Å². The molecule has 15 heavy (non-hydrogen) atoms. The molecule has 0 spiro atoms. The van der Waals surface area contributed by atoms with E-state index >= 15 is 0 Å². The van der Waals surface area contributed by atoms with Gasteiger partial charge in [-0.1, -0.05) is 22.8 Å². The zero-order chi connectivity index (χ0) is 11.0. The van der Waals surface area contributed by atoms with Gasteiger partial charge in [-0.25, -0.2) is 0 Å². The van der Waals surface area contributed by atoms with Gasteiger partial charge in [0.25, 0.3) is 0 Å². The monoisotopic (exact) mass is 225 g/mol. The summed E-state index contributed by atoms with van der Waals surface area (Å²) in [5.41, 5.74) is 0.502. The molecule has 0 amide bonds. The number of benzene rings is 1. The predicted molar refractivity (Wildman–Crippen MR) is 55.1 cm³/mol. The summed E-state index contributed by atoms with van der Waals surface area (Å²) >= 11 is 5.88. The summed E-state index contributed by atoms with van der Waals surface area (Å²) in [5.74, 6) is -1.35. The van der Waals surface area contributed by atoms with Crippen LogP contribution in [0.1, 0.15) is 18.6 Å². The number of aliphatic carboxylic acids is 1. The summed E-state index contributed by atoms with van der Waals surface area (Å²) in [7, 11) is 0. The Bertz CT molecular complexity index is 520. The normalized spacial score (nSPS) is 12.9. The van der Waals surface area contributed by atoms with Gasteiger partial charge in [0, 0.05) is 5.39 Å². The van der Waals surface area contributed by atoms with E-state index in [2.05, 4.69) is 5.16 Å². The summed E-state index contributed by atoms with van der Waals surface area (Å²) in [6.07, 6.45) is 0. The Hall–Kier alpha value is -1.55. The first-order chi connectivity index (χ1) is 7.11. The highest BCUT2D eigenvalue weighted by Crippen LogP contribution is 2.29. The molecule has 0 saturated carbocycles. The fraction of sp³-hybridized carbons (Fsp3) is 0.200. The van der Waals surface area contributed by atoms with Crippen LogP contribution in [0.25, 0.3) is 10.9 Å². The van der Waals surface area contributed by atoms with Crippen LogP contribution in [0.15, 0.2) is 22.7 Å². The van der Waals surface area contributed by atoms with Gasteiger partial charge in [-0.3, -0.25) is 4.79 Å². The second-order valence-electron chi connectivity index (χ2n) is 3.24. The minimum absolute atomic E-state index is 0.333. The van der Waals surface area contributed by atoms with E-state index < -0.39 is 11.9 Å². The van der Waals surface area contributed by atoms with Crippen molar-refractivity contribution in [1.29, 1.82) is 0 Å². The van der Waals surface area contributed by atoms with Gasteiger partial charge >= 0.3 is 5.97 Å². The molecule has 0 aliphatic heterocycles. The number of nitrogens with zero attached hydrogens (tertiary/aromatic N) is 1. The Balaban J connectivity index is 2.64. The van der Waals surface area contributed by atoms with Crippen molar-refractivity contribution >= 4 is 28.5 Å². The number of carboxylic acids is 1. The fourth-order valence-electron chi connectivity index (χ4n) is 1.38. The molecule has 4 nitrogen and oxygen atoms in total. The standard InChI is InChI=1S/C10H8ClNO3/c1-5(10(13)14)9-6-3-2-4-7(11)8(6)12-15-9/h2-5H,1H3,(H,13,14). The van der Waals surface area contributed by atoms with Crippen molar-refractivity contribution < 1.29 is 14.4 Å². The Morgan fingerprint density at radius 3 is 3.00 bits per heavy atom. The van der Waals surface area contributed by atoms with E-state index in [9.17, 15) is 4.79 Å². The van der Waals surface area contributed by atoms with Gasteiger partial charge in [0.05, 0.1) is 5.02 Å². The van der Waals surface area contributed by atoms with E-state index in [1.54, 1.807) is 25.1 Å². The van der Waals surface area contributed by atoms with Crippen LogP contribution < -0.4 is 0 Å². The van der Waals surface area contributed by atoms with Crippen molar-refractivity contribution in [2.75, 3.05) is 0 Å². The van der Waals surface area contributed by atoms with Crippen molar-refractivity contribution in [2.24, 2.45) is 0 Å². The Morgan fingerprint density at radius 2 is 2.33 bits per heavy atom. The second kappa shape index (κ2) is 3.55. The third-order valence-corrected chi connectivity index (χ3v) is 2.56. The molecule has 0 radical (unpaired) electrons. The van der Waals surface area contributed by atoms with Crippen molar-refractivity contribution in [3.63, 3.8) is 0 Å². The molecule has 0 bridgehead atoms. The first-order valence-corrected chi connectivity index (χ1v) is 4.75. The average molecular weight is 226 g/mol. The number of aromatic nitrogens is 1. The molecular weight excluding hydrogens is 218 g/mol. The maximum atomic E-state index is 10.8. The molecule has 5 heteroatoms. The highest BCUT2D eigenvalue weighted by atomic mass is 35.5. The molecule has 0 aliphatic rings. The zero-order valence-corrected chi connectivity index (χ0v) is 8.65. The quantitative estimate of drug-likeness (QED) is 0.854. The van der Waals surface area contributed by atoms with Gasteiger partial charge in [0.1, 0.15) is 11.4 Å². The number of carbonyl (C=O) groups is 1. The molecule has 78 valence electrons. The summed E-state index contributed by atoms with van der Waals surface area (Å²) in [5, 5.41) is 13.7. The van der Waals surface area contributed by atoms with Gasteiger partial charge in [0.15, 0.2) is 5.76 Å². The van der Waals surface area contributed by atoms with Gasteiger partial charge in [-0.05, 0) is 19.1 Å². The molecule has 0 fully saturated rings. The molecule has 1 atom stereocenters. The van der Waals surface area contributed by atoms with E-state index in [-0.39, 0.29) is 0 Å². The van der Waals surface area contributed by atoms with Crippen LogP contribution in [-0.2, 0) is 4.79 Å². The lowest BCUT2D eigenvalue weighted by Gasteiger charge is -2.00. The third kappa shape index (κ3) is 1.57. The Labute approximate surface area is 90.4 Å². The summed E-state index contributed by atoms with van der Waals surface area (Å²) in [4.78, 5) is 10.8. The fourth-order valence-corrected chi connectivity index (χ4v) is 1.58. The van der Waals surface area contributed by atoms with Crippen molar-refractivity contribution in [1.82, 2.24) is 5.16 Å². The van der Waals surface area contributed by atoms with E-state index in [0.29, 0.717) is 21.7 Å². The number of carboxylic acid groups (broad SMARTS) is 1. The number of hydrogen-bond donors (Lipinski definition) is 1. The van der Waals surface area contributed by atoms with Gasteiger partial charge in [-0.15, -0.1) is 0 Å². The SMILES string of the molecule is CC(C(=O)O)c1onc2c(Cl)cccc12. The number of rotatable bonds is 2.